The molecule has 26 heavy (non-hydrogen) atoms. The largest absolute Gasteiger partial charge is 0.497 e. The van der Waals surface area contributed by atoms with Crippen molar-refractivity contribution in [3.8, 4) is 5.75 Å². The maximum Gasteiger partial charge on any atom is 0.191 e. The molecule has 0 spiro atoms. The summed E-state index contributed by atoms with van der Waals surface area (Å²) in [6.07, 6.45) is 6.55. The van der Waals surface area contributed by atoms with E-state index < -0.39 is 0 Å². The van der Waals surface area contributed by atoms with E-state index in [2.05, 4.69) is 46.5 Å². The number of unbranched alkanes of at least 4 members (excludes halogenated alkanes) is 1. The average molecular weight is 361 g/mol. The Bertz CT molecular complexity index is 529. The van der Waals surface area contributed by atoms with E-state index in [0.717, 1.165) is 30.8 Å². The number of guanidine groups is 1. The molecule has 1 fully saturated rings. The van der Waals surface area contributed by atoms with E-state index in [1.54, 1.807) is 7.11 Å². The third-order valence-electron chi connectivity index (χ3n) is 5.03. The van der Waals surface area contributed by atoms with E-state index in [-0.39, 0.29) is 0 Å². The molecule has 0 aliphatic carbocycles. The third-order valence-corrected chi connectivity index (χ3v) is 5.03. The zero-order chi connectivity index (χ0) is 18.6. The lowest BCUT2D eigenvalue weighted by atomic mass is 10.0. The molecule has 5 nitrogen and oxygen atoms in total. The van der Waals surface area contributed by atoms with Crippen LogP contribution in [0.2, 0.25) is 0 Å². The van der Waals surface area contributed by atoms with Crippen LogP contribution >= 0.6 is 0 Å². The molecule has 1 unspecified atom stereocenters. The molecular formula is C21H36N4O. The Morgan fingerprint density at radius 3 is 2.69 bits per heavy atom. The minimum atomic E-state index is 0.671. The summed E-state index contributed by atoms with van der Waals surface area (Å²) in [5.74, 6) is 1.78. The average Bonchev–Trinajstić information content (AvgIpc) is 2.67. The molecule has 1 aliphatic rings. The van der Waals surface area contributed by atoms with Gasteiger partial charge < -0.3 is 20.3 Å². The molecule has 0 amide bonds. The van der Waals surface area contributed by atoms with Crippen LogP contribution in [0.4, 0.5) is 0 Å². The third kappa shape index (κ3) is 7.24. The summed E-state index contributed by atoms with van der Waals surface area (Å²) in [4.78, 5) is 7.33. The molecule has 0 aromatic heterocycles. The van der Waals surface area contributed by atoms with Crippen molar-refractivity contribution >= 4 is 5.96 Å². The maximum absolute atomic E-state index is 5.20. The highest BCUT2D eigenvalue weighted by molar-refractivity contribution is 5.79. The number of benzene rings is 1. The predicted octanol–water partition coefficient (Wildman–Crippen LogP) is 3.40. The number of methoxy groups -OCH3 is 1. The van der Waals surface area contributed by atoms with Crippen molar-refractivity contribution in [2.45, 2.75) is 58.5 Å². The summed E-state index contributed by atoms with van der Waals surface area (Å²) in [7, 11) is 1.69. The number of rotatable bonds is 9. The molecule has 1 heterocycles. The van der Waals surface area contributed by atoms with Gasteiger partial charge in [-0.1, -0.05) is 18.6 Å². The van der Waals surface area contributed by atoms with Gasteiger partial charge in [0.2, 0.25) is 0 Å². The fourth-order valence-electron chi connectivity index (χ4n) is 3.38. The quantitative estimate of drug-likeness (QED) is 0.403. The Morgan fingerprint density at radius 1 is 1.19 bits per heavy atom. The first-order valence-corrected chi connectivity index (χ1v) is 10.1. The maximum atomic E-state index is 5.20. The number of likely N-dealkylation sites (tertiary alicyclic amines) is 1. The number of hydrogen-bond acceptors (Lipinski definition) is 3. The zero-order valence-electron chi connectivity index (χ0n) is 16.8. The van der Waals surface area contributed by atoms with E-state index in [9.17, 15) is 0 Å². The number of aliphatic imine (C=N–C) groups is 1. The summed E-state index contributed by atoms with van der Waals surface area (Å²) in [5, 5.41) is 6.78. The first kappa shape index (κ1) is 20.6. The van der Waals surface area contributed by atoms with Gasteiger partial charge >= 0.3 is 0 Å². The molecule has 1 aromatic rings. The number of ether oxygens (including phenoxy) is 1. The van der Waals surface area contributed by atoms with E-state index in [1.165, 1.54) is 50.8 Å². The molecule has 146 valence electrons. The highest BCUT2D eigenvalue weighted by Gasteiger charge is 2.16. The Morgan fingerprint density at radius 2 is 2.00 bits per heavy atom. The molecule has 5 heteroatoms. The van der Waals surface area contributed by atoms with Crippen LogP contribution in [0.1, 0.15) is 51.5 Å². The van der Waals surface area contributed by atoms with Crippen molar-refractivity contribution in [1.29, 1.82) is 0 Å². The standard InChI is InChI=1S/C21H36N4O/c1-4-22-21(24-17-19-10-12-20(26-3)13-11-19)23-14-6-8-16-25-15-7-5-9-18(25)2/h10-13,18H,4-9,14-17H2,1-3H3,(H2,22,23,24). The lowest BCUT2D eigenvalue weighted by molar-refractivity contribution is 0.158. The monoisotopic (exact) mass is 360 g/mol. The van der Waals surface area contributed by atoms with Crippen LogP contribution in [0.15, 0.2) is 29.3 Å². The van der Waals surface area contributed by atoms with Crippen LogP contribution in [0.3, 0.4) is 0 Å². The second-order valence-electron chi connectivity index (χ2n) is 7.06. The fraction of sp³-hybridized carbons (Fsp3) is 0.667. The number of nitrogens with one attached hydrogen (secondary N) is 2. The van der Waals surface area contributed by atoms with Crippen molar-refractivity contribution in [2.75, 3.05) is 33.3 Å². The topological polar surface area (TPSA) is 48.9 Å². The van der Waals surface area contributed by atoms with Gasteiger partial charge in [-0.25, -0.2) is 4.99 Å². The van der Waals surface area contributed by atoms with Gasteiger partial charge in [-0.15, -0.1) is 0 Å². The fourth-order valence-corrected chi connectivity index (χ4v) is 3.38. The summed E-state index contributed by atoms with van der Waals surface area (Å²) in [6, 6.07) is 8.84. The number of hydrogen-bond donors (Lipinski definition) is 2. The van der Waals surface area contributed by atoms with E-state index in [1.807, 2.05) is 12.1 Å². The van der Waals surface area contributed by atoms with Crippen LogP contribution in [0.25, 0.3) is 0 Å². The smallest absolute Gasteiger partial charge is 0.191 e. The van der Waals surface area contributed by atoms with Gasteiger partial charge in [0.05, 0.1) is 13.7 Å². The summed E-state index contributed by atoms with van der Waals surface area (Å²) in [5.41, 5.74) is 1.18. The van der Waals surface area contributed by atoms with Crippen LogP contribution in [0.5, 0.6) is 5.75 Å². The molecule has 2 N–H and O–H groups in total. The van der Waals surface area contributed by atoms with Crippen molar-refractivity contribution in [1.82, 2.24) is 15.5 Å². The Balaban J connectivity index is 1.69. The van der Waals surface area contributed by atoms with E-state index >= 15 is 0 Å². The predicted molar refractivity (Wildman–Crippen MR) is 110 cm³/mol. The molecule has 1 saturated heterocycles. The van der Waals surface area contributed by atoms with Gasteiger partial charge in [-0.2, -0.15) is 0 Å². The number of piperidine rings is 1. The summed E-state index contributed by atoms with van der Waals surface area (Å²) < 4.78 is 5.20. The normalized spacial score (nSPS) is 18.6. The van der Waals surface area contributed by atoms with E-state index in [4.69, 9.17) is 4.74 Å². The van der Waals surface area contributed by atoms with Crippen LogP contribution in [0, 0.1) is 0 Å². The van der Waals surface area contributed by atoms with Crippen LogP contribution in [-0.4, -0.2) is 50.2 Å². The molecule has 1 aliphatic heterocycles. The SMILES string of the molecule is CCNC(=NCc1ccc(OC)cc1)NCCCCN1CCCCC1C. The minimum Gasteiger partial charge on any atom is -0.497 e. The first-order valence-electron chi connectivity index (χ1n) is 10.1. The van der Waals surface area contributed by atoms with Crippen molar-refractivity contribution in [3.63, 3.8) is 0 Å². The lowest BCUT2D eigenvalue weighted by Crippen LogP contribution is -2.39. The molecular weight excluding hydrogens is 324 g/mol. The molecule has 2 rings (SSSR count). The van der Waals surface area contributed by atoms with Gasteiger partial charge in [0.1, 0.15) is 5.75 Å². The second-order valence-corrected chi connectivity index (χ2v) is 7.06. The number of nitrogens with zero attached hydrogens (tertiary/aromatic N) is 2. The Labute approximate surface area is 159 Å². The van der Waals surface area contributed by atoms with Crippen LogP contribution in [-0.2, 0) is 6.54 Å². The molecule has 0 bridgehead atoms. The van der Waals surface area contributed by atoms with Gasteiger partial charge in [-0.05, 0) is 70.3 Å². The highest BCUT2D eigenvalue weighted by Crippen LogP contribution is 2.16. The van der Waals surface area contributed by atoms with Gasteiger partial charge in [0.25, 0.3) is 0 Å². The Kier molecular flexibility index (Phi) is 9.32. The molecule has 1 atom stereocenters. The first-order chi connectivity index (χ1) is 12.7. The van der Waals surface area contributed by atoms with E-state index in [0.29, 0.717) is 6.54 Å². The van der Waals surface area contributed by atoms with Gasteiger partial charge in [0.15, 0.2) is 5.96 Å². The molecule has 1 aromatic carbocycles. The van der Waals surface area contributed by atoms with Crippen molar-refractivity contribution < 1.29 is 4.74 Å². The second kappa shape index (κ2) is 11.8. The summed E-state index contributed by atoms with van der Waals surface area (Å²) >= 11 is 0. The minimum absolute atomic E-state index is 0.671. The summed E-state index contributed by atoms with van der Waals surface area (Å²) in [6.45, 7) is 9.48. The Hall–Kier alpha value is -1.75. The lowest BCUT2D eigenvalue weighted by Gasteiger charge is -2.33. The highest BCUT2D eigenvalue weighted by atomic mass is 16.5. The van der Waals surface area contributed by atoms with Gasteiger partial charge in [0, 0.05) is 19.1 Å². The molecule has 0 radical (unpaired) electrons. The van der Waals surface area contributed by atoms with Crippen molar-refractivity contribution in [3.05, 3.63) is 29.8 Å². The van der Waals surface area contributed by atoms with Gasteiger partial charge in [-0.3, -0.25) is 0 Å². The van der Waals surface area contributed by atoms with Crippen LogP contribution < -0.4 is 15.4 Å². The van der Waals surface area contributed by atoms with Crippen molar-refractivity contribution in [2.24, 2.45) is 4.99 Å². The zero-order valence-corrected chi connectivity index (χ0v) is 16.8. The molecule has 0 saturated carbocycles.